The summed E-state index contributed by atoms with van der Waals surface area (Å²) in [6.07, 6.45) is 1.49. The second-order valence-corrected chi connectivity index (χ2v) is 7.86. The molecule has 0 aliphatic rings. The quantitative estimate of drug-likeness (QED) is 0.664. The Morgan fingerprint density at radius 3 is 2.80 bits per heavy atom. The zero-order valence-electron chi connectivity index (χ0n) is 13.9. The molecule has 1 amide bonds. The lowest BCUT2D eigenvalue weighted by atomic mass is 10.2. The van der Waals surface area contributed by atoms with Crippen molar-refractivity contribution in [2.45, 2.75) is 19.0 Å². The van der Waals surface area contributed by atoms with Gasteiger partial charge >= 0.3 is 0 Å². The molecule has 1 N–H and O–H groups in total. The molecule has 0 aliphatic heterocycles. The summed E-state index contributed by atoms with van der Waals surface area (Å²) in [6.45, 7) is 4.17. The van der Waals surface area contributed by atoms with Crippen molar-refractivity contribution in [1.29, 1.82) is 0 Å². The van der Waals surface area contributed by atoms with E-state index >= 15 is 0 Å². The lowest BCUT2D eigenvalue weighted by Gasteiger charge is -2.05. The highest BCUT2D eigenvalue weighted by Crippen LogP contribution is 2.30. The minimum absolute atomic E-state index is 0.160. The van der Waals surface area contributed by atoms with Crippen LogP contribution in [0.3, 0.4) is 0 Å². The van der Waals surface area contributed by atoms with Crippen LogP contribution in [0.25, 0.3) is 11.4 Å². The first kappa shape index (κ1) is 17.9. The molecule has 6 nitrogen and oxygen atoms in total. The highest BCUT2D eigenvalue weighted by atomic mass is 35.5. The number of pyridine rings is 1. The normalized spacial score (nSPS) is 10.9. The lowest BCUT2D eigenvalue weighted by Crippen LogP contribution is -2.15. The molecular formula is C16H16ClN5OS2. The predicted octanol–water partition coefficient (Wildman–Crippen LogP) is 3.94. The van der Waals surface area contributed by atoms with Crippen LogP contribution < -0.4 is 5.32 Å². The molecule has 0 aromatic carbocycles. The number of nitrogens with one attached hydrogen (secondary N) is 1. The summed E-state index contributed by atoms with van der Waals surface area (Å²) in [5, 5.41) is 14.5. The molecule has 9 heteroatoms. The first-order valence-electron chi connectivity index (χ1n) is 7.44. The summed E-state index contributed by atoms with van der Waals surface area (Å²) in [5.74, 6) is 1.34. The van der Waals surface area contributed by atoms with Crippen molar-refractivity contribution in [3.63, 3.8) is 0 Å². The van der Waals surface area contributed by atoms with Crippen LogP contribution in [0.4, 0.5) is 5.82 Å². The molecule has 3 rings (SSSR count). The van der Waals surface area contributed by atoms with Gasteiger partial charge in [-0.05, 0) is 31.5 Å². The molecule has 0 unspecified atom stereocenters. The number of carbonyl (C=O) groups is 1. The van der Waals surface area contributed by atoms with Crippen molar-refractivity contribution >= 4 is 46.4 Å². The van der Waals surface area contributed by atoms with E-state index in [-0.39, 0.29) is 11.7 Å². The average Bonchev–Trinajstić information content (AvgIpc) is 3.11. The Kier molecular flexibility index (Phi) is 5.41. The minimum atomic E-state index is -0.160. The summed E-state index contributed by atoms with van der Waals surface area (Å²) < 4.78 is 1.91. The number of thioether (sulfide) groups is 1. The monoisotopic (exact) mass is 393 g/mol. The smallest absolute Gasteiger partial charge is 0.236 e. The van der Waals surface area contributed by atoms with Crippen LogP contribution in [0.1, 0.15) is 10.4 Å². The van der Waals surface area contributed by atoms with Gasteiger partial charge in [-0.25, -0.2) is 4.98 Å². The van der Waals surface area contributed by atoms with E-state index in [0.717, 1.165) is 11.4 Å². The Hall–Kier alpha value is -1.90. The third-order valence-electron chi connectivity index (χ3n) is 3.69. The van der Waals surface area contributed by atoms with Crippen molar-refractivity contribution in [1.82, 2.24) is 19.7 Å². The number of hydrogen-bond donors (Lipinski definition) is 1. The largest absolute Gasteiger partial charge is 0.310 e. The lowest BCUT2D eigenvalue weighted by molar-refractivity contribution is -0.113. The third-order valence-corrected chi connectivity index (χ3v) is 5.95. The van der Waals surface area contributed by atoms with Crippen LogP contribution in [0.5, 0.6) is 0 Å². The Bertz CT molecular complexity index is 904. The number of rotatable bonds is 5. The molecule has 0 saturated carbocycles. The van der Waals surface area contributed by atoms with Crippen LogP contribution in [0.15, 0.2) is 28.9 Å². The Balaban J connectivity index is 1.65. The fraction of sp³-hybridized carbons (Fsp3) is 0.250. The molecule has 0 spiro atoms. The summed E-state index contributed by atoms with van der Waals surface area (Å²) >= 11 is 8.80. The minimum Gasteiger partial charge on any atom is -0.310 e. The Morgan fingerprint density at radius 1 is 1.36 bits per heavy atom. The van der Waals surface area contributed by atoms with E-state index in [4.69, 9.17) is 11.6 Å². The predicted molar refractivity (Wildman–Crippen MR) is 102 cm³/mol. The van der Waals surface area contributed by atoms with Crippen molar-refractivity contribution in [2.24, 2.45) is 7.05 Å². The maximum absolute atomic E-state index is 12.1. The summed E-state index contributed by atoms with van der Waals surface area (Å²) in [6, 6.07) is 3.34. The van der Waals surface area contributed by atoms with Gasteiger partial charge in [0.15, 0.2) is 11.0 Å². The molecule has 0 fully saturated rings. The van der Waals surface area contributed by atoms with Crippen LogP contribution >= 0.6 is 34.7 Å². The Morgan fingerprint density at radius 2 is 2.16 bits per heavy atom. The van der Waals surface area contributed by atoms with Gasteiger partial charge in [0, 0.05) is 29.1 Å². The number of anilines is 1. The van der Waals surface area contributed by atoms with E-state index in [2.05, 4.69) is 39.7 Å². The van der Waals surface area contributed by atoms with Gasteiger partial charge in [0.05, 0.1) is 10.8 Å². The third kappa shape index (κ3) is 4.02. The number of aryl methyl sites for hydroxylation is 1. The van der Waals surface area contributed by atoms with Crippen LogP contribution in [0.2, 0.25) is 5.02 Å². The molecule has 0 bridgehead atoms. The van der Waals surface area contributed by atoms with Gasteiger partial charge in [-0.1, -0.05) is 23.4 Å². The first-order valence-corrected chi connectivity index (χ1v) is 9.68. The van der Waals surface area contributed by atoms with Gasteiger partial charge in [0.25, 0.3) is 0 Å². The molecule has 3 aromatic rings. The maximum Gasteiger partial charge on any atom is 0.236 e. The topological polar surface area (TPSA) is 72.7 Å². The fourth-order valence-electron chi connectivity index (χ4n) is 2.17. The number of carbonyl (C=O) groups excluding carboxylic acids is 1. The first-order chi connectivity index (χ1) is 12.0. The number of amides is 1. The highest BCUT2D eigenvalue weighted by molar-refractivity contribution is 7.99. The van der Waals surface area contributed by atoms with Crippen molar-refractivity contribution in [2.75, 3.05) is 11.1 Å². The number of hydrogen-bond acceptors (Lipinski definition) is 6. The van der Waals surface area contributed by atoms with Crippen LogP contribution in [0, 0.1) is 13.8 Å². The van der Waals surface area contributed by atoms with Gasteiger partial charge in [-0.3, -0.25) is 4.79 Å². The standard InChI is InChI=1S/C16H16ClN5OS2/c1-9-10(2)24-7-12(9)15-20-21-16(22(15)3)25-8-14(23)19-13-5-4-11(17)6-18-13/h4-7H,8H2,1-3H3,(H,18,19,23). The van der Waals surface area contributed by atoms with Gasteiger partial charge < -0.3 is 9.88 Å². The molecule has 3 heterocycles. The van der Waals surface area contributed by atoms with Gasteiger partial charge in [-0.2, -0.15) is 0 Å². The summed E-state index contributed by atoms with van der Waals surface area (Å²) in [7, 11) is 1.91. The van der Waals surface area contributed by atoms with Crippen LogP contribution in [-0.2, 0) is 11.8 Å². The van der Waals surface area contributed by atoms with Gasteiger partial charge in [0.1, 0.15) is 5.82 Å². The van der Waals surface area contributed by atoms with E-state index in [1.54, 1.807) is 23.5 Å². The molecule has 0 radical (unpaired) electrons. The van der Waals surface area contributed by atoms with E-state index < -0.39 is 0 Å². The van der Waals surface area contributed by atoms with E-state index in [1.807, 2.05) is 11.6 Å². The molecule has 3 aromatic heterocycles. The summed E-state index contributed by atoms with van der Waals surface area (Å²) in [4.78, 5) is 17.4. The van der Waals surface area contributed by atoms with E-state index in [9.17, 15) is 4.79 Å². The average molecular weight is 394 g/mol. The zero-order chi connectivity index (χ0) is 18.0. The van der Waals surface area contributed by atoms with Crippen LogP contribution in [-0.4, -0.2) is 31.4 Å². The number of nitrogens with zero attached hydrogens (tertiary/aromatic N) is 4. The molecular weight excluding hydrogens is 378 g/mol. The second kappa shape index (κ2) is 7.55. The highest BCUT2D eigenvalue weighted by Gasteiger charge is 2.16. The van der Waals surface area contributed by atoms with E-state index in [1.165, 1.54) is 28.4 Å². The number of halogens is 1. The van der Waals surface area contributed by atoms with Crippen molar-refractivity contribution in [3.8, 4) is 11.4 Å². The zero-order valence-corrected chi connectivity index (χ0v) is 16.3. The van der Waals surface area contributed by atoms with Gasteiger partial charge in [0.2, 0.25) is 5.91 Å². The van der Waals surface area contributed by atoms with Crippen molar-refractivity contribution < 1.29 is 4.79 Å². The number of thiophene rings is 1. The molecule has 0 saturated heterocycles. The molecule has 0 aliphatic carbocycles. The van der Waals surface area contributed by atoms with E-state index in [0.29, 0.717) is 16.0 Å². The van der Waals surface area contributed by atoms with Crippen molar-refractivity contribution in [3.05, 3.63) is 39.2 Å². The molecule has 130 valence electrons. The second-order valence-electron chi connectivity index (χ2n) is 5.39. The Labute approximate surface area is 158 Å². The summed E-state index contributed by atoms with van der Waals surface area (Å²) in [5.41, 5.74) is 2.29. The van der Waals surface area contributed by atoms with Gasteiger partial charge in [-0.15, -0.1) is 21.5 Å². The fourth-order valence-corrected chi connectivity index (χ4v) is 3.85. The maximum atomic E-state index is 12.1. The molecule has 0 atom stereocenters. The number of aromatic nitrogens is 4. The SMILES string of the molecule is Cc1scc(-c2nnc(SCC(=O)Nc3ccc(Cl)cn3)n2C)c1C. The molecule has 25 heavy (non-hydrogen) atoms.